The second kappa shape index (κ2) is 63.9. The van der Waals surface area contributed by atoms with Crippen molar-refractivity contribution in [1.82, 2.24) is 0 Å². The lowest BCUT2D eigenvalue weighted by molar-refractivity contribution is -0.167. The molecule has 0 heterocycles. The number of unbranched alkanes of at least 4 members (excludes halogenated alkanes) is 42. The lowest BCUT2D eigenvalue weighted by Crippen LogP contribution is -2.30. The molecule has 0 N–H and O–H groups in total. The van der Waals surface area contributed by atoms with Crippen molar-refractivity contribution < 1.29 is 28.6 Å². The minimum Gasteiger partial charge on any atom is -0.462 e. The zero-order valence-electron chi connectivity index (χ0n) is 50.3. The molecule has 0 aliphatic rings. The van der Waals surface area contributed by atoms with E-state index in [1.54, 1.807) is 0 Å². The van der Waals surface area contributed by atoms with Crippen LogP contribution in [0.15, 0.2) is 48.6 Å². The Bertz CT molecular complexity index is 1300. The lowest BCUT2D eigenvalue weighted by Gasteiger charge is -2.18. The van der Waals surface area contributed by atoms with Crippen LogP contribution in [0.1, 0.15) is 355 Å². The number of ether oxygens (including phenoxy) is 3. The highest BCUT2D eigenvalue weighted by Crippen LogP contribution is 2.18. The summed E-state index contributed by atoms with van der Waals surface area (Å²) in [7, 11) is 0. The maximum Gasteiger partial charge on any atom is 0.306 e. The van der Waals surface area contributed by atoms with E-state index in [0.29, 0.717) is 19.3 Å². The summed E-state index contributed by atoms with van der Waals surface area (Å²) < 4.78 is 17.0. The van der Waals surface area contributed by atoms with Gasteiger partial charge in [-0.3, -0.25) is 14.4 Å². The monoisotopic (exact) mass is 1050 g/mol. The minimum atomic E-state index is -0.777. The summed E-state index contributed by atoms with van der Waals surface area (Å²) in [5, 5.41) is 0. The quantitative estimate of drug-likeness (QED) is 0.0261. The molecule has 6 heteroatoms. The van der Waals surface area contributed by atoms with E-state index < -0.39 is 6.10 Å². The zero-order chi connectivity index (χ0) is 54.3. The van der Waals surface area contributed by atoms with Gasteiger partial charge in [0.1, 0.15) is 13.2 Å². The van der Waals surface area contributed by atoms with Crippen molar-refractivity contribution in [1.29, 1.82) is 0 Å². The minimum absolute atomic E-state index is 0.0743. The summed E-state index contributed by atoms with van der Waals surface area (Å²) >= 11 is 0. The molecule has 0 spiro atoms. The first-order valence-corrected chi connectivity index (χ1v) is 33.1. The molecule has 75 heavy (non-hydrogen) atoms. The predicted octanol–water partition coefficient (Wildman–Crippen LogP) is 22.6. The van der Waals surface area contributed by atoms with Crippen molar-refractivity contribution in [3.8, 4) is 0 Å². The number of rotatable bonds is 61. The van der Waals surface area contributed by atoms with Gasteiger partial charge in [-0.05, 0) is 83.5 Å². The summed E-state index contributed by atoms with van der Waals surface area (Å²) in [6, 6.07) is 0. The van der Waals surface area contributed by atoms with Crippen molar-refractivity contribution in [3.05, 3.63) is 48.6 Å². The van der Waals surface area contributed by atoms with Gasteiger partial charge in [-0.25, -0.2) is 0 Å². The molecule has 0 saturated heterocycles. The number of carbonyl (C=O) groups excluding carboxylic acids is 3. The molecular formula is C69H126O6. The fraction of sp³-hybridized carbons (Fsp3) is 0.841. The molecule has 0 bridgehead atoms. The van der Waals surface area contributed by atoms with Crippen LogP contribution in [0.2, 0.25) is 0 Å². The van der Waals surface area contributed by atoms with Gasteiger partial charge in [-0.1, -0.05) is 301 Å². The number of hydrogen-bond acceptors (Lipinski definition) is 6. The Morgan fingerprint density at radius 1 is 0.267 bits per heavy atom. The molecule has 0 aromatic rings. The highest BCUT2D eigenvalue weighted by Gasteiger charge is 2.19. The summed E-state index contributed by atoms with van der Waals surface area (Å²) in [6.45, 7) is 6.64. The Labute approximate surface area is 467 Å². The van der Waals surface area contributed by atoms with Crippen molar-refractivity contribution in [2.75, 3.05) is 13.2 Å². The molecular weight excluding hydrogens is 925 g/mol. The van der Waals surface area contributed by atoms with Gasteiger partial charge in [-0.15, -0.1) is 0 Å². The smallest absolute Gasteiger partial charge is 0.306 e. The SMILES string of the molecule is CCCCC/C=C\C/C=C\CCCCCCCCCCCC(=O)OC[C@H](COC(=O)CCCCCCCCC/C=C\C/C=C\CCCCC)OC(=O)CCCCCCCCCCCCCCCCCCCCCCC. The summed E-state index contributed by atoms with van der Waals surface area (Å²) in [6.07, 6.45) is 79.7. The van der Waals surface area contributed by atoms with Crippen LogP contribution in [0.5, 0.6) is 0 Å². The molecule has 0 radical (unpaired) electrons. The molecule has 0 unspecified atom stereocenters. The van der Waals surface area contributed by atoms with Gasteiger partial charge < -0.3 is 14.2 Å². The van der Waals surface area contributed by atoms with Gasteiger partial charge in [-0.2, -0.15) is 0 Å². The predicted molar refractivity (Wildman–Crippen MR) is 325 cm³/mol. The van der Waals surface area contributed by atoms with Crippen LogP contribution in [0, 0.1) is 0 Å². The molecule has 0 aliphatic heterocycles. The number of esters is 3. The normalized spacial score (nSPS) is 12.3. The molecule has 0 rings (SSSR count). The van der Waals surface area contributed by atoms with Crippen LogP contribution in [0.25, 0.3) is 0 Å². The standard InChI is InChI=1S/C69H126O6/c1-4-7-10-13-16-19-22-25-28-31-33-34-36-39-42-45-48-51-54-57-60-63-69(72)75-66(64-73-67(70)61-58-55-52-49-46-43-40-37-30-27-24-21-18-15-12-9-6-3)65-74-68(71)62-59-56-53-50-47-44-41-38-35-32-29-26-23-20-17-14-11-8-5-2/h17-18,20-21,26-27,29-30,66H,4-16,19,22-25,28,31-65H2,1-3H3/b20-17-,21-18-,29-26-,30-27-/t66-/m0/s1. The van der Waals surface area contributed by atoms with E-state index in [-0.39, 0.29) is 31.1 Å². The summed E-state index contributed by atoms with van der Waals surface area (Å²) in [5.74, 6) is -0.862. The Morgan fingerprint density at radius 2 is 0.480 bits per heavy atom. The molecule has 0 aromatic heterocycles. The first kappa shape index (κ1) is 72.4. The van der Waals surface area contributed by atoms with Crippen molar-refractivity contribution in [2.24, 2.45) is 0 Å². The van der Waals surface area contributed by atoms with E-state index in [9.17, 15) is 14.4 Å². The van der Waals surface area contributed by atoms with Crippen molar-refractivity contribution in [3.63, 3.8) is 0 Å². The third-order valence-electron chi connectivity index (χ3n) is 14.8. The molecule has 0 fully saturated rings. The molecule has 1 atom stereocenters. The highest BCUT2D eigenvalue weighted by molar-refractivity contribution is 5.71. The maximum atomic E-state index is 12.9. The molecule has 0 amide bonds. The number of carbonyl (C=O) groups is 3. The zero-order valence-corrected chi connectivity index (χ0v) is 50.3. The first-order valence-electron chi connectivity index (χ1n) is 33.1. The molecule has 438 valence electrons. The summed E-state index contributed by atoms with van der Waals surface area (Å²) in [4.78, 5) is 38.4. The van der Waals surface area contributed by atoms with Crippen LogP contribution in [0.3, 0.4) is 0 Å². The van der Waals surface area contributed by atoms with Gasteiger partial charge >= 0.3 is 17.9 Å². The first-order chi connectivity index (χ1) is 37.0. The van der Waals surface area contributed by atoms with Gasteiger partial charge in [0.15, 0.2) is 6.10 Å². The number of hydrogen-bond donors (Lipinski definition) is 0. The third-order valence-corrected chi connectivity index (χ3v) is 14.8. The summed E-state index contributed by atoms with van der Waals surface area (Å²) in [5.41, 5.74) is 0. The topological polar surface area (TPSA) is 78.9 Å². The fourth-order valence-corrected chi connectivity index (χ4v) is 9.80. The second-order valence-corrected chi connectivity index (χ2v) is 22.4. The second-order valence-electron chi connectivity index (χ2n) is 22.4. The average molecular weight is 1050 g/mol. The molecule has 0 saturated carbocycles. The van der Waals surface area contributed by atoms with Crippen molar-refractivity contribution in [2.45, 2.75) is 361 Å². The van der Waals surface area contributed by atoms with Gasteiger partial charge in [0, 0.05) is 19.3 Å². The molecule has 0 aliphatic carbocycles. The van der Waals surface area contributed by atoms with E-state index >= 15 is 0 Å². The van der Waals surface area contributed by atoms with Crippen LogP contribution >= 0.6 is 0 Å². The van der Waals surface area contributed by atoms with Crippen LogP contribution in [-0.4, -0.2) is 37.2 Å². The lowest BCUT2D eigenvalue weighted by atomic mass is 10.0. The Hall–Kier alpha value is -2.63. The Morgan fingerprint density at radius 3 is 0.760 bits per heavy atom. The largest absolute Gasteiger partial charge is 0.462 e. The van der Waals surface area contributed by atoms with Gasteiger partial charge in [0.05, 0.1) is 0 Å². The molecule has 0 aromatic carbocycles. The van der Waals surface area contributed by atoms with E-state index in [2.05, 4.69) is 69.4 Å². The average Bonchev–Trinajstić information content (AvgIpc) is 3.41. The third kappa shape index (κ3) is 62.1. The highest BCUT2D eigenvalue weighted by atomic mass is 16.6. The van der Waals surface area contributed by atoms with Crippen LogP contribution in [0.4, 0.5) is 0 Å². The van der Waals surface area contributed by atoms with E-state index in [1.165, 1.54) is 238 Å². The molecule has 6 nitrogen and oxygen atoms in total. The van der Waals surface area contributed by atoms with E-state index in [1.807, 2.05) is 0 Å². The fourth-order valence-electron chi connectivity index (χ4n) is 9.80. The van der Waals surface area contributed by atoms with Gasteiger partial charge in [0.25, 0.3) is 0 Å². The van der Waals surface area contributed by atoms with Crippen molar-refractivity contribution >= 4 is 17.9 Å². The van der Waals surface area contributed by atoms with E-state index in [4.69, 9.17) is 14.2 Å². The Balaban J connectivity index is 4.34. The van der Waals surface area contributed by atoms with Gasteiger partial charge in [0.2, 0.25) is 0 Å². The number of allylic oxidation sites excluding steroid dienone is 8. The Kier molecular flexibility index (Phi) is 61.7. The van der Waals surface area contributed by atoms with E-state index in [0.717, 1.165) is 77.0 Å². The van der Waals surface area contributed by atoms with Crippen LogP contribution < -0.4 is 0 Å². The van der Waals surface area contributed by atoms with Crippen LogP contribution in [-0.2, 0) is 28.6 Å². The maximum absolute atomic E-state index is 12.9.